The van der Waals surface area contributed by atoms with Crippen molar-refractivity contribution in [3.8, 4) is 11.5 Å². The maximum Gasteiger partial charge on any atom is 0.320 e. The van der Waals surface area contributed by atoms with Gasteiger partial charge in [0.15, 0.2) is 0 Å². The van der Waals surface area contributed by atoms with Crippen molar-refractivity contribution in [1.29, 1.82) is 0 Å². The highest BCUT2D eigenvalue weighted by Crippen LogP contribution is 2.16. The third-order valence-corrected chi connectivity index (χ3v) is 3.36. The predicted octanol–water partition coefficient (Wildman–Crippen LogP) is 1.46. The summed E-state index contributed by atoms with van der Waals surface area (Å²) in [6, 6.07) is 7.41. The van der Waals surface area contributed by atoms with Gasteiger partial charge in [0.25, 0.3) is 0 Å². The van der Waals surface area contributed by atoms with E-state index in [4.69, 9.17) is 14.2 Å². The van der Waals surface area contributed by atoms with Gasteiger partial charge in [-0.3, -0.25) is 0 Å². The molecule has 1 aromatic rings. The first-order chi connectivity index (χ1) is 10.2. The number of hydrogen-bond acceptors (Lipinski definition) is 4. The van der Waals surface area contributed by atoms with Crippen LogP contribution in [0.4, 0.5) is 4.79 Å². The number of methoxy groups -OCH3 is 1. The molecule has 1 saturated heterocycles. The first-order valence-corrected chi connectivity index (χ1v) is 7.05. The second-order valence-corrected chi connectivity index (χ2v) is 4.83. The molecular formula is C15H22N2O4. The van der Waals surface area contributed by atoms with Crippen LogP contribution in [0.3, 0.4) is 0 Å². The minimum atomic E-state index is 0.0247. The molecule has 116 valence electrons. The van der Waals surface area contributed by atoms with Crippen molar-refractivity contribution in [3.63, 3.8) is 0 Å². The van der Waals surface area contributed by atoms with Crippen LogP contribution in [-0.4, -0.2) is 69.4 Å². The Labute approximate surface area is 125 Å². The summed E-state index contributed by atoms with van der Waals surface area (Å²) in [7, 11) is 3.41. The smallest absolute Gasteiger partial charge is 0.320 e. The van der Waals surface area contributed by atoms with Gasteiger partial charge in [-0.25, -0.2) is 4.79 Å². The summed E-state index contributed by atoms with van der Waals surface area (Å²) in [5.41, 5.74) is 0. The van der Waals surface area contributed by atoms with E-state index in [2.05, 4.69) is 0 Å². The van der Waals surface area contributed by atoms with Gasteiger partial charge in [0.05, 0.1) is 26.9 Å². The molecule has 1 aromatic carbocycles. The summed E-state index contributed by atoms with van der Waals surface area (Å²) in [6.07, 6.45) is 0. The molecular weight excluding hydrogens is 272 g/mol. The lowest BCUT2D eigenvalue weighted by Crippen LogP contribution is -2.47. The van der Waals surface area contributed by atoms with Gasteiger partial charge in [-0.1, -0.05) is 0 Å². The van der Waals surface area contributed by atoms with Crippen LogP contribution in [0.25, 0.3) is 0 Å². The van der Waals surface area contributed by atoms with Crippen LogP contribution in [-0.2, 0) is 4.74 Å². The molecule has 0 N–H and O–H groups in total. The number of carbonyl (C=O) groups excluding carboxylic acids is 1. The van der Waals surface area contributed by atoms with E-state index in [1.54, 1.807) is 24.0 Å². The van der Waals surface area contributed by atoms with Crippen molar-refractivity contribution in [3.05, 3.63) is 24.3 Å². The van der Waals surface area contributed by atoms with Crippen molar-refractivity contribution in [1.82, 2.24) is 9.80 Å². The number of likely N-dealkylation sites (N-methyl/N-ethyl adjacent to an activating group) is 1. The van der Waals surface area contributed by atoms with Crippen LogP contribution in [0.2, 0.25) is 0 Å². The highest BCUT2D eigenvalue weighted by atomic mass is 16.5. The molecule has 0 unspecified atom stereocenters. The predicted molar refractivity (Wildman–Crippen MR) is 78.9 cm³/mol. The van der Waals surface area contributed by atoms with E-state index in [0.717, 1.165) is 11.5 Å². The first-order valence-electron chi connectivity index (χ1n) is 7.05. The Balaban J connectivity index is 1.72. The minimum Gasteiger partial charge on any atom is -0.497 e. The molecule has 2 rings (SSSR count). The summed E-state index contributed by atoms with van der Waals surface area (Å²) in [5.74, 6) is 1.56. The zero-order chi connectivity index (χ0) is 15.1. The molecule has 6 heteroatoms. The molecule has 6 nitrogen and oxygen atoms in total. The third-order valence-electron chi connectivity index (χ3n) is 3.36. The molecule has 0 aliphatic carbocycles. The van der Waals surface area contributed by atoms with E-state index < -0.39 is 0 Å². The van der Waals surface area contributed by atoms with Crippen molar-refractivity contribution < 1.29 is 19.0 Å². The van der Waals surface area contributed by atoms with Crippen molar-refractivity contribution in [2.45, 2.75) is 0 Å². The van der Waals surface area contributed by atoms with Gasteiger partial charge in [-0.05, 0) is 24.3 Å². The molecule has 0 spiro atoms. The molecule has 0 atom stereocenters. The molecule has 0 aromatic heterocycles. The zero-order valence-corrected chi connectivity index (χ0v) is 12.6. The van der Waals surface area contributed by atoms with Gasteiger partial charge in [0.1, 0.15) is 18.1 Å². The summed E-state index contributed by atoms with van der Waals surface area (Å²) in [5, 5.41) is 0. The largest absolute Gasteiger partial charge is 0.497 e. The number of morpholine rings is 1. The number of amides is 2. The minimum absolute atomic E-state index is 0.0247. The Morgan fingerprint density at radius 1 is 1.24 bits per heavy atom. The lowest BCUT2D eigenvalue weighted by atomic mass is 10.3. The summed E-state index contributed by atoms with van der Waals surface area (Å²) < 4.78 is 15.9. The van der Waals surface area contributed by atoms with E-state index in [9.17, 15) is 4.79 Å². The number of carbonyl (C=O) groups is 1. The third kappa shape index (κ3) is 4.53. The topological polar surface area (TPSA) is 51.2 Å². The van der Waals surface area contributed by atoms with Crippen molar-refractivity contribution in [2.75, 3.05) is 53.6 Å². The molecule has 1 aliphatic rings. The van der Waals surface area contributed by atoms with Gasteiger partial charge >= 0.3 is 6.03 Å². The Hall–Kier alpha value is -1.95. The Kier molecular flexibility index (Phi) is 5.68. The van der Waals surface area contributed by atoms with Crippen molar-refractivity contribution >= 4 is 6.03 Å². The SMILES string of the molecule is COc1ccc(OCCN(C)C(=O)N2CCOCC2)cc1. The number of nitrogens with zero attached hydrogens (tertiary/aromatic N) is 2. The zero-order valence-electron chi connectivity index (χ0n) is 12.6. The van der Waals surface area contributed by atoms with Crippen LogP contribution in [0.15, 0.2) is 24.3 Å². The summed E-state index contributed by atoms with van der Waals surface area (Å²) in [4.78, 5) is 15.6. The van der Waals surface area contributed by atoms with Crippen LogP contribution in [0.5, 0.6) is 11.5 Å². The monoisotopic (exact) mass is 294 g/mol. The average molecular weight is 294 g/mol. The standard InChI is InChI=1S/C15H22N2O4/c1-16(15(18)17-8-10-20-11-9-17)7-12-21-14-5-3-13(19-2)4-6-14/h3-6H,7-12H2,1-2H3. The van der Waals surface area contributed by atoms with E-state index in [0.29, 0.717) is 39.5 Å². The quantitative estimate of drug-likeness (QED) is 0.825. The lowest BCUT2D eigenvalue weighted by molar-refractivity contribution is 0.0444. The molecule has 21 heavy (non-hydrogen) atoms. The number of ether oxygens (including phenoxy) is 3. The van der Waals surface area contributed by atoms with Gasteiger partial charge in [-0.2, -0.15) is 0 Å². The maximum atomic E-state index is 12.1. The molecule has 0 radical (unpaired) electrons. The Bertz CT molecular complexity index is 443. The average Bonchev–Trinajstić information content (AvgIpc) is 2.55. The van der Waals surface area contributed by atoms with E-state index in [-0.39, 0.29) is 6.03 Å². The second kappa shape index (κ2) is 7.73. The van der Waals surface area contributed by atoms with E-state index in [1.807, 2.05) is 24.3 Å². The highest BCUT2D eigenvalue weighted by molar-refractivity contribution is 5.74. The Morgan fingerprint density at radius 2 is 1.86 bits per heavy atom. The molecule has 0 saturated carbocycles. The van der Waals surface area contributed by atoms with Gasteiger partial charge in [0.2, 0.25) is 0 Å². The second-order valence-electron chi connectivity index (χ2n) is 4.83. The van der Waals surface area contributed by atoms with Crippen LogP contribution in [0.1, 0.15) is 0 Å². The fraction of sp³-hybridized carbons (Fsp3) is 0.533. The van der Waals surface area contributed by atoms with E-state index in [1.165, 1.54) is 0 Å². The van der Waals surface area contributed by atoms with E-state index >= 15 is 0 Å². The van der Waals surface area contributed by atoms with Gasteiger partial charge in [0, 0.05) is 20.1 Å². The van der Waals surface area contributed by atoms with Gasteiger partial charge in [-0.15, -0.1) is 0 Å². The molecule has 1 aliphatic heterocycles. The number of hydrogen-bond donors (Lipinski definition) is 0. The lowest BCUT2D eigenvalue weighted by Gasteiger charge is -2.30. The fourth-order valence-corrected chi connectivity index (χ4v) is 2.06. The van der Waals surface area contributed by atoms with Gasteiger partial charge < -0.3 is 24.0 Å². The molecule has 2 amide bonds. The van der Waals surface area contributed by atoms with Crippen LogP contribution in [0, 0.1) is 0 Å². The Morgan fingerprint density at radius 3 is 2.48 bits per heavy atom. The summed E-state index contributed by atoms with van der Waals surface area (Å²) >= 11 is 0. The number of benzene rings is 1. The number of rotatable bonds is 5. The normalized spacial score (nSPS) is 14.7. The summed E-state index contributed by atoms with van der Waals surface area (Å²) in [6.45, 7) is 3.54. The van der Waals surface area contributed by atoms with Crippen LogP contribution < -0.4 is 9.47 Å². The fourth-order valence-electron chi connectivity index (χ4n) is 2.06. The molecule has 1 heterocycles. The molecule has 1 fully saturated rings. The van der Waals surface area contributed by atoms with Crippen molar-refractivity contribution in [2.24, 2.45) is 0 Å². The van der Waals surface area contributed by atoms with Crippen LogP contribution >= 0.6 is 0 Å². The maximum absolute atomic E-state index is 12.1. The molecule has 0 bridgehead atoms. The first kappa shape index (κ1) is 15.4. The highest BCUT2D eigenvalue weighted by Gasteiger charge is 2.19. The number of urea groups is 1.